The first-order valence-electron chi connectivity index (χ1n) is 5.36. The number of carbonyl (C=O) groups is 1. The number of nitrogens with two attached hydrogens (primary N) is 1. The summed E-state index contributed by atoms with van der Waals surface area (Å²) in [5.74, 6) is -0.0400. The van der Waals surface area contributed by atoms with Crippen LogP contribution in [0.1, 0.15) is 15.9 Å². The van der Waals surface area contributed by atoms with Crippen molar-refractivity contribution in [1.29, 1.82) is 0 Å². The molecule has 0 atom stereocenters. The summed E-state index contributed by atoms with van der Waals surface area (Å²) in [4.78, 5) is 13.3. The molecule has 2 rings (SSSR count). The van der Waals surface area contributed by atoms with Crippen molar-refractivity contribution in [2.24, 2.45) is 0 Å². The van der Waals surface area contributed by atoms with Gasteiger partial charge in [-0.1, -0.05) is 23.7 Å². The maximum atomic E-state index is 12.4. The van der Waals surface area contributed by atoms with Gasteiger partial charge in [-0.3, -0.25) is 4.79 Å². The predicted molar refractivity (Wildman–Crippen MR) is 77.5 cm³/mol. The van der Waals surface area contributed by atoms with Crippen LogP contribution in [0.4, 0.5) is 5.69 Å². The molecule has 0 aliphatic carbocycles. The standard InChI is InChI=1S/C14H12ClNOS/c1-18-13-5-3-2-4-10(13)14(17)9-6-7-12(16)11(15)8-9/h2-8H,16H2,1H3. The van der Waals surface area contributed by atoms with Gasteiger partial charge in [0.2, 0.25) is 0 Å². The third kappa shape index (κ3) is 2.52. The fourth-order valence-corrected chi connectivity index (χ4v) is 2.43. The fourth-order valence-electron chi connectivity index (χ4n) is 1.66. The van der Waals surface area contributed by atoms with Crippen molar-refractivity contribution in [2.45, 2.75) is 4.90 Å². The average molecular weight is 278 g/mol. The number of anilines is 1. The summed E-state index contributed by atoms with van der Waals surface area (Å²) in [6.45, 7) is 0. The van der Waals surface area contributed by atoms with Crippen molar-refractivity contribution in [2.75, 3.05) is 12.0 Å². The van der Waals surface area contributed by atoms with Crippen LogP contribution in [0.3, 0.4) is 0 Å². The summed E-state index contributed by atoms with van der Waals surface area (Å²) in [5.41, 5.74) is 7.35. The SMILES string of the molecule is CSc1ccccc1C(=O)c1ccc(N)c(Cl)c1. The monoisotopic (exact) mass is 277 g/mol. The van der Waals surface area contributed by atoms with Crippen molar-refractivity contribution in [3.63, 3.8) is 0 Å². The molecule has 18 heavy (non-hydrogen) atoms. The van der Waals surface area contributed by atoms with Crippen LogP contribution in [0.15, 0.2) is 47.4 Å². The Morgan fingerprint density at radius 1 is 1.22 bits per heavy atom. The molecule has 0 saturated heterocycles. The zero-order chi connectivity index (χ0) is 13.1. The van der Waals surface area contributed by atoms with Gasteiger partial charge in [-0.2, -0.15) is 0 Å². The molecule has 2 nitrogen and oxygen atoms in total. The number of halogens is 1. The molecule has 0 saturated carbocycles. The number of hydrogen-bond donors (Lipinski definition) is 1. The van der Waals surface area contributed by atoms with Gasteiger partial charge in [-0.15, -0.1) is 11.8 Å². The highest BCUT2D eigenvalue weighted by molar-refractivity contribution is 7.98. The lowest BCUT2D eigenvalue weighted by Crippen LogP contribution is -2.03. The Hall–Kier alpha value is -1.45. The van der Waals surface area contributed by atoms with Gasteiger partial charge >= 0.3 is 0 Å². The molecule has 2 aromatic rings. The highest BCUT2D eigenvalue weighted by Crippen LogP contribution is 2.25. The molecule has 92 valence electrons. The average Bonchev–Trinajstić information content (AvgIpc) is 2.41. The summed E-state index contributed by atoms with van der Waals surface area (Å²) in [7, 11) is 0. The fraction of sp³-hybridized carbons (Fsp3) is 0.0714. The van der Waals surface area contributed by atoms with E-state index >= 15 is 0 Å². The van der Waals surface area contributed by atoms with Crippen LogP contribution in [0.2, 0.25) is 5.02 Å². The lowest BCUT2D eigenvalue weighted by molar-refractivity contribution is 0.103. The molecule has 0 aliphatic heterocycles. The summed E-state index contributed by atoms with van der Waals surface area (Å²) in [6.07, 6.45) is 1.95. The van der Waals surface area contributed by atoms with E-state index in [-0.39, 0.29) is 5.78 Å². The van der Waals surface area contributed by atoms with Gasteiger partial charge in [0.25, 0.3) is 0 Å². The molecule has 0 heterocycles. The maximum Gasteiger partial charge on any atom is 0.194 e. The minimum Gasteiger partial charge on any atom is -0.398 e. The van der Waals surface area contributed by atoms with E-state index in [9.17, 15) is 4.79 Å². The number of carbonyl (C=O) groups excluding carboxylic acids is 1. The second-order valence-electron chi connectivity index (χ2n) is 3.77. The molecule has 0 amide bonds. The molecule has 2 N–H and O–H groups in total. The van der Waals surface area contributed by atoms with Crippen molar-refractivity contribution in [3.05, 3.63) is 58.6 Å². The van der Waals surface area contributed by atoms with Crippen molar-refractivity contribution >= 4 is 34.8 Å². The van der Waals surface area contributed by atoms with E-state index in [0.717, 1.165) is 4.90 Å². The summed E-state index contributed by atoms with van der Waals surface area (Å²) >= 11 is 7.48. The van der Waals surface area contributed by atoms with Gasteiger partial charge < -0.3 is 5.73 Å². The molecule has 4 heteroatoms. The molecule has 0 aliphatic rings. The van der Waals surface area contributed by atoms with Gasteiger partial charge in [0.05, 0.1) is 10.7 Å². The first-order valence-corrected chi connectivity index (χ1v) is 6.96. The topological polar surface area (TPSA) is 43.1 Å². The third-order valence-electron chi connectivity index (χ3n) is 2.61. The van der Waals surface area contributed by atoms with E-state index < -0.39 is 0 Å². The van der Waals surface area contributed by atoms with E-state index in [1.165, 1.54) is 0 Å². The van der Waals surface area contributed by atoms with Crippen molar-refractivity contribution in [1.82, 2.24) is 0 Å². The quantitative estimate of drug-likeness (QED) is 0.526. The Bertz CT molecular complexity index is 598. The van der Waals surface area contributed by atoms with E-state index in [0.29, 0.717) is 21.8 Å². The summed E-state index contributed by atoms with van der Waals surface area (Å²) in [6, 6.07) is 12.5. The Morgan fingerprint density at radius 3 is 2.61 bits per heavy atom. The van der Waals surface area contributed by atoms with Crippen LogP contribution in [0.5, 0.6) is 0 Å². The van der Waals surface area contributed by atoms with Crippen LogP contribution in [-0.4, -0.2) is 12.0 Å². The highest BCUT2D eigenvalue weighted by atomic mass is 35.5. The molecular formula is C14H12ClNOS. The largest absolute Gasteiger partial charge is 0.398 e. The second-order valence-corrected chi connectivity index (χ2v) is 5.02. The number of thioether (sulfide) groups is 1. The van der Waals surface area contributed by atoms with Crippen LogP contribution in [0.25, 0.3) is 0 Å². The molecular weight excluding hydrogens is 266 g/mol. The van der Waals surface area contributed by atoms with Crippen LogP contribution in [0, 0.1) is 0 Å². The van der Waals surface area contributed by atoms with Gasteiger partial charge in [-0.25, -0.2) is 0 Å². The summed E-state index contributed by atoms with van der Waals surface area (Å²) in [5, 5.41) is 0.405. The molecule has 2 aromatic carbocycles. The predicted octanol–water partition coefficient (Wildman–Crippen LogP) is 3.88. The molecule has 0 spiro atoms. The smallest absolute Gasteiger partial charge is 0.194 e. The van der Waals surface area contributed by atoms with Crippen LogP contribution < -0.4 is 5.73 Å². The number of rotatable bonds is 3. The first kappa shape index (κ1) is 13.0. The zero-order valence-corrected chi connectivity index (χ0v) is 11.4. The number of nitrogen functional groups attached to an aromatic ring is 1. The van der Waals surface area contributed by atoms with E-state index in [1.807, 2.05) is 30.5 Å². The molecule has 0 aromatic heterocycles. The van der Waals surface area contributed by atoms with E-state index in [2.05, 4.69) is 0 Å². The lowest BCUT2D eigenvalue weighted by Gasteiger charge is -2.07. The number of ketones is 1. The van der Waals surface area contributed by atoms with E-state index in [4.69, 9.17) is 17.3 Å². The van der Waals surface area contributed by atoms with Gasteiger partial charge in [-0.05, 0) is 36.6 Å². The van der Waals surface area contributed by atoms with Crippen LogP contribution in [-0.2, 0) is 0 Å². The molecule has 0 unspecified atom stereocenters. The van der Waals surface area contributed by atoms with Gasteiger partial charge in [0.15, 0.2) is 5.78 Å². The molecule has 0 fully saturated rings. The lowest BCUT2D eigenvalue weighted by atomic mass is 10.0. The molecule has 0 bridgehead atoms. The number of hydrogen-bond acceptors (Lipinski definition) is 3. The Balaban J connectivity index is 2.44. The third-order valence-corrected chi connectivity index (χ3v) is 3.74. The second kappa shape index (κ2) is 5.46. The van der Waals surface area contributed by atoms with Gasteiger partial charge in [0.1, 0.15) is 0 Å². The van der Waals surface area contributed by atoms with Crippen molar-refractivity contribution < 1.29 is 4.79 Å². The Morgan fingerprint density at radius 2 is 1.94 bits per heavy atom. The summed E-state index contributed by atoms with van der Waals surface area (Å²) < 4.78 is 0. The number of benzene rings is 2. The zero-order valence-electron chi connectivity index (χ0n) is 9.81. The minimum atomic E-state index is -0.0400. The maximum absolute atomic E-state index is 12.4. The normalized spacial score (nSPS) is 10.3. The van der Waals surface area contributed by atoms with Gasteiger partial charge in [0, 0.05) is 16.0 Å². The Kier molecular flexibility index (Phi) is 3.94. The first-order chi connectivity index (χ1) is 8.63. The highest BCUT2D eigenvalue weighted by Gasteiger charge is 2.13. The minimum absolute atomic E-state index is 0.0400. The van der Waals surface area contributed by atoms with Crippen LogP contribution >= 0.6 is 23.4 Å². The van der Waals surface area contributed by atoms with E-state index in [1.54, 1.807) is 30.0 Å². The molecule has 0 radical (unpaired) electrons. The van der Waals surface area contributed by atoms with Crippen molar-refractivity contribution in [3.8, 4) is 0 Å². The Labute approximate surface area is 115 Å².